The van der Waals surface area contributed by atoms with Gasteiger partial charge in [0.2, 0.25) is 11.8 Å². The monoisotopic (exact) mass is 447 g/mol. The summed E-state index contributed by atoms with van der Waals surface area (Å²) in [6.45, 7) is -0.102. The van der Waals surface area contributed by atoms with Crippen molar-refractivity contribution in [3.05, 3.63) is 35.9 Å². The second kappa shape index (κ2) is 14.1. The molecule has 0 heterocycles. The van der Waals surface area contributed by atoms with Gasteiger partial charge in [-0.15, -0.1) is 0 Å². The van der Waals surface area contributed by atoms with Gasteiger partial charge >= 0.3 is 12.1 Å². The Bertz CT molecular complexity index is 749. The molecule has 176 valence electrons. The molecular formula is C23H33N3O6. The van der Waals surface area contributed by atoms with Crippen LogP contribution in [-0.4, -0.2) is 48.1 Å². The van der Waals surface area contributed by atoms with Crippen LogP contribution in [-0.2, 0) is 25.7 Å². The van der Waals surface area contributed by atoms with Gasteiger partial charge in [0.25, 0.3) is 0 Å². The number of benzene rings is 1. The van der Waals surface area contributed by atoms with Crippen LogP contribution < -0.4 is 16.0 Å². The predicted octanol–water partition coefficient (Wildman–Crippen LogP) is 2.35. The lowest BCUT2D eigenvalue weighted by Crippen LogP contribution is -2.48. The Labute approximate surface area is 188 Å². The molecular weight excluding hydrogens is 414 g/mol. The number of carboxylic acid groups (broad SMARTS) is 1. The van der Waals surface area contributed by atoms with E-state index in [0.29, 0.717) is 12.3 Å². The first-order valence-corrected chi connectivity index (χ1v) is 11.2. The van der Waals surface area contributed by atoms with Gasteiger partial charge in [-0.05, 0) is 17.9 Å². The summed E-state index contributed by atoms with van der Waals surface area (Å²) < 4.78 is 5.00. The normalized spacial score (nSPS) is 14.8. The zero-order valence-electron chi connectivity index (χ0n) is 18.3. The van der Waals surface area contributed by atoms with E-state index in [1.807, 2.05) is 6.07 Å². The van der Waals surface area contributed by atoms with Crippen molar-refractivity contribution in [1.29, 1.82) is 0 Å². The zero-order valence-corrected chi connectivity index (χ0v) is 18.3. The number of amides is 3. The lowest BCUT2D eigenvalue weighted by Gasteiger charge is -2.21. The summed E-state index contributed by atoms with van der Waals surface area (Å²) in [5.41, 5.74) is 0.767. The maximum atomic E-state index is 12.0. The van der Waals surface area contributed by atoms with Gasteiger partial charge in [0.05, 0.1) is 0 Å². The van der Waals surface area contributed by atoms with E-state index < -0.39 is 24.0 Å². The molecule has 0 aromatic heterocycles. The first kappa shape index (κ1) is 25.2. The van der Waals surface area contributed by atoms with E-state index in [0.717, 1.165) is 12.0 Å². The Morgan fingerprint density at radius 3 is 2.34 bits per heavy atom. The summed E-state index contributed by atoms with van der Waals surface area (Å²) in [5.74, 6) is -1.16. The van der Waals surface area contributed by atoms with Gasteiger partial charge in [-0.2, -0.15) is 0 Å². The third-order valence-electron chi connectivity index (χ3n) is 5.48. The van der Waals surface area contributed by atoms with Gasteiger partial charge in [0, 0.05) is 25.9 Å². The van der Waals surface area contributed by atoms with E-state index in [1.165, 1.54) is 32.1 Å². The number of aliphatic carboxylic acids is 1. The molecule has 1 aliphatic carbocycles. The summed E-state index contributed by atoms with van der Waals surface area (Å²) in [6, 6.07) is 7.65. The summed E-state index contributed by atoms with van der Waals surface area (Å²) in [4.78, 5) is 47.1. The lowest BCUT2D eigenvalue weighted by molar-refractivity contribution is -0.139. The molecule has 0 bridgehead atoms. The predicted molar refractivity (Wildman–Crippen MR) is 118 cm³/mol. The molecule has 9 heteroatoms. The fraction of sp³-hybridized carbons (Fsp3) is 0.565. The topological polar surface area (TPSA) is 134 Å². The number of alkyl carbamates (subject to hydrolysis) is 1. The minimum atomic E-state index is -1.33. The van der Waals surface area contributed by atoms with Crippen molar-refractivity contribution >= 4 is 23.9 Å². The molecule has 9 nitrogen and oxygen atoms in total. The van der Waals surface area contributed by atoms with Gasteiger partial charge in [-0.25, -0.2) is 9.59 Å². The molecule has 1 aliphatic rings. The van der Waals surface area contributed by atoms with Crippen LogP contribution in [0.2, 0.25) is 0 Å². The van der Waals surface area contributed by atoms with E-state index in [4.69, 9.17) is 4.74 Å². The molecule has 2 rings (SSSR count). The van der Waals surface area contributed by atoms with Crippen molar-refractivity contribution in [2.75, 3.05) is 13.1 Å². The molecule has 4 N–H and O–H groups in total. The second-order valence-electron chi connectivity index (χ2n) is 8.04. The minimum Gasteiger partial charge on any atom is -0.480 e. The number of nitrogens with one attached hydrogen (secondary N) is 3. The van der Waals surface area contributed by atoms with E-state index in [9.17, 15) is 24.3 Å². The second-order valence-corrected chi connectivity index (χ2v) is 8.04. The SMILES string of the molecule is O=C(CCC1CCCCC1)NCCC(=O)NCC(NC(=O)OCc1ccccc1)C(=O)O. The highest BCUT2D eigenvalue weighted by atomic mass is 16.5. The van der Waals surface area contributed by atoms with Gasteiger partial charge in [-0.3, -0.25) is 9.59 Å². The zero-order chi connectivity index (χ0) is 23.2. The lowest BCUT2D eigenvalue weighted by atomic mass is 9.86. The molecule has 1 fully saturated rings. The number of hydrogen-bond donors (Lipinski definition) is 4. The average Bonchev–Trinajstić information content (AvgIpc) is 2.80. The third-order valence-corrected chi connectivity index (χ3v) is 5.48. The standard InChI is InChI=1S/C23H33N3O6/c27-20(12-11-17-7-3-1-4-8-17)24-14-13-21(28)25-15-19(22(29)30)26-23(31)32-16-18-9-5-2-6-10-18/h2,5-6,9-10,17,19H,1,3-4,7-8,11-16H2,(H,24,27)(H,25,28)(H,26,31)(H,29,30). The molecule has 0 spiro atoms. The van der Waals surface area contributed by atoms with Crippen molar-refractivity contribution in [1.82, 2.24) is 16.0 Å². The maximum absolute atomic E-state index is 12.0. The first-order chi connectivity index (χ1) is 15.4. The Kier molecular flexibility index (Phi) is 11.1. The van der Waals surface area contributed by atoms with Crippen LogP contribution in [0.15, 0.2) is 30.3 Å². The van der Waals surface area contributed by atoms with Crippen molar-refractivity contribution in [3.63, 3.8) is 0 Å². The Hall–Kier alpha value is -3.10. The van der Waals surface area contributed by atoms with Gasteiger partial charge in [-0.1, -0.05) is 62.4 Å². The summed E-state index contributed by atoms with van der Waals surface area (Å²) in [5, 5.41) is 16.7. The van der Waals surface area contributed by atoms with Crippen LogP contribution in [0.25, 0.3) is 0 Å². The molecule has 0 saturated heterocycles. The van der Waals surface area contributed by atoms with Crippen molar-refractivity contribution in [3.8, 4) is 0 Å². The molecule has 32 heavy (non-hydrogen) atoms. The first-order valence-electron chi connectivity index (χ1n) is 11.2. The van der Waals surface area contributed by atoms with Crippen LogP contribution in [0.4, 0.5) is 4.79 Å². The summed E-state index contributed by atoms with van der Waals surface area (Å²) in [6.07, 6.45) is 6.62. The fourth-order valence-electron chi connectivity index (χ4n) is 3.63. The summed E-state index contributed by atoms with van der Waals surface area (Å²) >= 11 is 0. The van der Waals surface area contributed by atoms with Crippen LogP contribution in [0, 0.1) is 5.92 Å². The van der Waals surface area contributed by atoms with Crippen LogP contribution in [0.3, 0.4) is 0 Å². The van der Waals surface area contributed by atoms with Crippen LogP contribution in [0.1, 0.15) is 56.9 Å². The van der Waals surface area contributed by atoms with Gasteiger partial charge < -0.3 is 25.8 Å². The smallest absolute Gasteiger partial charge is 0.408 e. The maximum Gasteiger partial charge on any atom is 0.408 e. The quantitative estimate of drug-likeness (QED) is 0.389. The number of rotatable bonds is 12. The largest absolute Gasteiger partial charge is 0.480 e. The number of ether oxygens (including phenoxy) is 1. The number of carboxylic acids is 1. The number of hydrogen-bond acceptors (Lipinski definition) is 5. The molecule has 1 atom stereocenters. The average molecular weight is 448 g/mol. The van der Waals surface area contributed by atoms with Crippen LogP contribution in [0.5, 0.6) is 0 Å². The Balaban J connectivity index is 1.59. The molecule has 1 aromatic carbocycles. The highest BCUT2D eigenvalue weighted by molar-refractivity contribution is 5.82. The fourth-order valence-corrected chi connectivity index (χ4v) is 3.63. The van der Waals surface area contributed by atoms with Crippen molar-refractivity contribution in [2.24, 2.45) is 5.92 Å². The molecule has 0 aliphatic heterocycles. The molecule has 1 saturated carbocycles. The van der Waals surface area contributed by atoms with E-state index in [2.05, 4.69) is 16.0 Å². The van der Waals surface area contributed by atoms with Crippen molar-refractivity contribution < 1.29 is 29.0 Å². The number of carbonyl (C=O) groups is 4. The molecule has 1 aromatic rings. The molecule has 0 radical (unpaired) electrons. The van der Waals surface area contributed by atoms with E-state index in [1.54, 1.807) is 24.3 Å². The van der Waals surface area contributed by atoms with Gasteiger partial charge in [0.15, 0.2) is 0 Å². The Morgan fingerprint density at radius 1 is 0.969 bits per heavy atom. The molecule has 3 amide bonds. The Morgan fingerprint density at radius 2 is 1.66 bits per heavy atom. The van der Waals surface area contributed by atoms with E-state index in [-0.39, 0.29) is 32.0 Å². The minimum absolute atomic E-state index is 0.00577. The third kappa shape index (κ3) is 10.3. The van der Waals surface area contributed by atoms with Crippen LogP contribution >= 0.6 is 0 Å². The highest BCUT2D eigenvalue weighted by Gasteiger charge is 2.21. The highest BCUT2D eigenvalue weighted by Crippen LogP contribution is 2.27. The summed E-state index contributed by atoms with van der Waals surface area (Å²) in [7, 11) is 0. The van der Waals surface area contributed by atoms with E-state index >= 15 is 0 Å². The molecule has 1 unspecified atom stereocenters. The van der Waals surface area contributed by atoms with Crippen molar-refractivity contribution in [2.45, 2.75) is 64.0 Å². The van der Waals surface area contributed by atoms with Gasteiger partial charge in [0.1, 0.15) is 12.6 Å². The number of carbonyl (C=O) groups excluding carboxylic acids is 3.